The Labute approximate surface area is 94.1 Å². The maximum Gasteiger partial charge on any atom is 0.0991 e. The van der Waals surface area contributed by atoms with Crippen LogP contribution in [0.1, 0.15) is 5.56 Å². The van der Waals surface area contributed by atoms with Crippen LogP contribution in [0.15, 0.2) is 48.5 Å². The minimum atomic E-state index is 0.651. The number of nitrogens with zero attached hydrogens (tertiary/aromatic N) is 1. The fourth-order valence-electron chi connectivity index (χ4n) is 1.41. The van der Waals surface area contributed by atoms with E-state index in [0.29, 0.717) is 5.56 Å². The average molecular weight is 209 g/mol. The second kappa shape index (κ2) is 4.37. The number of benzene rings is 2. The number of nitriles is 1. The highest BCUT2D eigenvalue weighted by molar-refractivity contribution is 5.63. The third-order valence-corrected chi connectivity index (χ3v) is 2.19. The lowest BCUT2D eigenvalue weighted by Gasteiger charge is -2.06. The molecule has 3 heteroatoms. The monoisotopic (exact) mass is 209 g/mol. The zero-order valence-corrected chi connectivity index (χ0v) is 8.64. The summed E-state index contributed by atoms with van der Waals surface area (Å²) in [5.74, 6) is 0. The van der Waals surface area contributed by atoms with Crippen LogP contribution in [-0.4, -0.2) is 0 Å². The third kappa shape index (κ3) is 2.31. The van der Waals surface area contributed by atoms with E-state index < -0.39 is 0 Å². The molecule has 0 radical (unpaired) electrons. The Morgan fingerprint density at radius 3 is 2.38 bits per heavy atom. The molecule has 2 aromatic carbocycles. The molecule has 2 aromatic rings. The lowest BCUT2D eigenvalue weighted by molar-refractivity contribution is 1.47. The summed E-state index contributed by atoms with van der Waals surface area (Å²) in [7, 11) is 0. The molecule has 0 unspecified atom stereocenters. The molecule has 0 aromatic heterocycles. The molecule has 0 fully saturated rings. The minimum Gasteiger partial charge on any atom is -0.399 e. The summed E-state index contributed by atoms with van der Waals surface area (Å²) in [6, 6.07) is 16.9. The van der Waals surface area contributed by atoms with Crippen molar-refractivity contribution in [2.24, 2.45) is 0 Å². The van der Waals surface area contributed by atoms with Gasteiger partial charge in [0.1, 0.15) is 0 Å². The van der Waals surface area contributed by atoms with Crippen molar-refractivity contribution in [3.63, 3.8) is 0 Å². The largest absolute Gasteiger partial charge is 0.399 e. The molecule has 0 aliphatic carbocycles. The lowest BCUT2D eigenvalue weighted by Crippen LogP contribution is -1.91. The van der Waals surface area contributed by atoms with E-state index in [-0.39, 0.29) is 0 Å². The van der Waals surface area contributed by atoms with Gasteiger partial charge in [0.15, 0.2) is 0 Å². The van der Waals surface area contributed by atoms with Gasteiger partial charge in [-0.1, -0.05) is 6.07 Å². The van der Waals surface area contributed by atoms with Crippen LogP contribution in [0.3, 0.4) is 0 Å². The van der Waals surface area contributed by atoms with E-state index >= 15 is 0 Å². The van der Waals surface area contributed by atoms with Crippen molar-refractivity contribution in [2.75, 3.05) is 11.1 Å². The molecule has 3 N–H and O–H groups in total. The van der Waals surface area contributed by atoms with Crippen LogP contribution in [-0.2, 0) is 0 Å². The first kappa shape index (κ1) is 10.1. The van der Waals surface area contributed by atoms with Crippen molar-refractivity contribution in [1.82, 2.24) is 0 Å². The van der Waals surface area contributed by atoms with Crippen LogP contribution in [0.25, 0.3) is 0 Å². The molecule has 0 bridgehead atoms. The van der Waals surface area contributed by atoms with E-state index in [1.165, 1.54) is 0 Å². The van der Waals surface area contributed by atoms with Crippen molar-refractivity contribution >= 4 is 17.1 Å². The zero-order valence-electron chi connectivity index (χ0n) is 8.64. The van der Waals surface area contributed by atoms with E-state index in [9.17, 15) is 0 Å². The Morgan fingerprint density at radius 2 is 1.75 bits per heavy atom. The quantitative estimate of drug-likeness (QED) is 0.747. The smallest absolute Gasteiger partial charge is 0.0991 e. The van der Waals surface area contributed by atoms with Gasteiger partial charge in [-0.15, -0.1) is 0 Å². The van der Waals surface area contributed by atoms with Crippen LogP contribution in [0, 0.1) is 11.3 Å². The molecule has 78 valence electrons. The molecule has 0 atom stereocenters. The molecule has 0 saturated heterocycles. The minimum absolute atomic E-state index is 0.651. The molecule has 0 aliphatic heterocycles. The first-order valence-electron chi connectivity index (χ1n) is 4.91. The normalized spacial score (nSPS) is 9.44. The molecular weight excluding hydrogens is 198 g/mol. The summed E-state index contributed by atoms with van der Waals surface area (Å²) in [6.07, 6.45) is 0. The van der Waals surface area contributed by atoms with E-state index in [2.05, 4.69) is 11.4 Å². The maximum absolute atomic E-state index is 8.67. The van der Waals surface area contributed by atoms with E-state index in [1.54, 1.807) is 12.1 Å². The van der Waals surface area contributed by atoms with Crippen molar-refractivity contribution in [1.29, 1.82) is 5.26 Å². The Bertz CT molecular complexity index is 524. The van der Waals surface area contributed by atoms with Gasteiger partial charge in [-0.05, 0) is 42.5 Å². The number of anilines is 3. The predicted octanol–water partition coefficient (Wildman–Crippen LogP) is 2.88. The summed E-state index contributed by atoms with van der Waals surface area (Å²) < 4.78 is 0. The summed E-state index contributed by atoms with van der Waals surface area (Å²) in [5, 5.41) is 11.9. The highest BCUT2D eigenvalue weighted by Crippen LogP contribution is 2.18. The molecule has 0 spiro atoms. The Balaban J connectivity index is 2.18. The van der Waals surface area contributed by atoms with Gasteiger partial charge in [-0.2, -0.15) is 5.26 Å². The Hall–Kier alpha value is -2.47. The molecule has 3 nitrogen and oxygen atoms in total. The summed E-state index contributed by atoms with van der Waals surface area (Å²) in [4.78, 5) is 0. The van der Waals surface area contributed by atoms with Gasteiger partial charge in [-0.25, -0.2) is 0 Å². The molecular formula is C13H11N3. The van der Waals surface area contributed by atoms with Crippen LogP contribution in [0.4, 0.5) is 17.1 Å². The number of hydrogen-bond donors (Lipinski definition) is 2. The van der Waals surface area contributed by atoms with Gasteiger partial charge in [0.05, 0.1) is 11.6 Å². The van der Waals surface area contributed by atoms with Gasteiger partial charge < -0.3 is 11.1 Å². The molecule has 0 heterocycles. The zero-order chi connectivity index (χ0) is 11.4. The highest BCUT2D eigenvalue weighted by Gasteiger charge is 1.95. The molecule has 16 heavy (non-hydrogen) atoms. The maximum atomic E-state index is 8.67. The van der Waals surface area contributed by atoms with E-state index in [1.807, 2.05) is 36.4 Å². The number of rotatable bonds is 2. The highest BCUT2D eigenvalue weighted by atomic mass is 14.9. The van der Waals surface area contributed by atoms with Crippen molar-refractivity contribution < 1.29 is 0 Å². The third-order valence-electron chi connectivity index (χ3n) is 2.19. The van der Waals surface area contributed by atoms with Gasteiger partial charge in [-0.3, -0.25) is 0 Å². The summed E-state index contributed by atoms with van der Waals surface area (Å²) in [6.45, 7) is 0. The first-order valence-corrected chi connectivity index (χ1v) is 4.91. The Morgan fingerprint density at radius 1 is 1.00 bits per heavy atom. The number of hydrogen-bond acceptors (Lipinski definition) is 3. The second-order valence-corrected chi connectivity index (χ2v) is 3.44. The van der Waals surface area contributed by atoms with Gasteiger partial charge in [0.2, 0.25) is 0 Å². The second-order valence-electron chi connectivity index (χ2n) is 3.44. The Kier molecular flexibility index (Phi) is 2.75. The van der Waals surface area contributed by atoms with Crippen LogP contribution in [0.2, 0.25) is 0 Å². The van der Waals surface area contributed by atoms with Gasteiger partial charge in [0.25, 0.3) is 0 Å². The predicted molar refractivity (Wildman–Crippen MR) is 65.3 cm³/mol. The van der Waals surface area contributed by atoms with Crippen molar-refractivity contribution in [3.8, 4) is 6.07 Å². The van der Waals surface area contributed by atoms with E-state index in [4.69, 9.17) is 11.0 Å². The van der Waals surface area contributed by atoms with Crippen LogP contribution in [0.5, 0.6) is 0 Å². The summed E-state index contributed by atoms with van der Waals surface area (Å²) in [5.41, 5.74) is 8.92. The first-order chi connectivity index (χ1) is 7.78. The number of nitrogens with one attached hydrogen (secondary N) is 1. The topological polar surface area (TPSA) is 61.8 Å². The SMILES string of the molecule is N#Cc1ccc(Nc2cccc(N)c2)cc1. The van der Waals surface area contributed by atoms with Crippen molar-refractivity contribution in [2.45, 2.75) is 0 Å². The van der Waals surface area contributed by atoms with Gasteiger partial charge in [0, 0.05) is 17.1 Å². The van der Waals surface area contributed by atoms with Crippen LogP contribution >= 0.6 is 0 Å². The fraction of sp³-hybridized carbons (Fsp3) is 0. The molecule has 2 rings (SSSR count). The average Bonchev–Trinajstić information content (AvgIpc) is 2.30. The molecule has 0 saturated carbocycles. The van der Waals surface area contributed by atoms with E-state index in [0.717, 1.165) is 17.1 Å². The van der Waals surface area contributed by atoms with Crippen LogP contribution < -0.4 is 11.1 Å². The van der Waals surface area contributed by atoms with Gasteiger partial charge >= 0.3 is 0 Å². The van der Waals surface area contributed by atoms with Crippen molar-refractivity contribution in [3.05, 3.63) is 54.1 Å². The molecule has 0 amide bonds. The molecule has 0 aliphatic rings. The lowest BCUT2D eigenvalue weighted by atomic mass is 10.2. The number of nitrogen functional groups attached to an aromatic ring is 1. The summed E-state index contributed by atoms with van der Waals surface area (Å²) >= 11 is 0. The number of nitrogens with two attached hydrogens (primary N) is 1. The standard InChI is InChI=1S/C13H11N3/c14-9-10-4-6-12(7-5-10)16-13-3-1-2-11(15)8-13/h1-8,16H,15H2. The fourth-order valence-corrected chi connectivity index (χ4v) is 1.41.